The van der Waals surface area contributed by atoms with Gasteiger partial charge in [-0.15, -0.1) is 11.3 Å². The summed E-state index contributed by atoms with van der Waals surface area (Å²) in [6.07, 6.45) is 1.07. The van der Waals surface area contributed by atoms with Crippen molar-refractivity contribution in [2.75, 3.05) is 11.9 Å². The zero-order valence-corrected chi connectivity index (χ0v) is 10.4. The average Bonchev–Trinajstić information content (AvgIpc) is 2.85. The molecule has 0 aromatic carbocycles. The molecular weight excluding hydrogens is 230 g/mol. The van der Waals surface area contributed by atoms with Crippen molar-refractivity contribution in [2.24, 2.45) is 0 Å². The fourth-order valence-electron chi connectivity index (χ4n) is 1.46. The van der Waals surface area contributed by atoms with E-state index in [1.165, 1.54) is 11.3 Å². The molecule has 0 unspecified atom stereocenters. The summed E-state index contributed by atoms with van der Waals surface area (Å²) in [6.45, 7) is 3.04. The molecule has 0 saturated carbocycles. The second-order valence-electron chi connectivity index (χ2n) is 3.61. The second-order valence-corrected chi connectivity index (χ2v) is 4.69. The van der Waals surface area contributed by atoms with E-state index in [4.69, 9.17) is 5.26 Å². The highest BCUT2D eigenvalue weighted by Crippen LogP contribution is 2.26. The van der Waals surface area contributed by atoms with Crippen LogP contribution in [0.3, 0.4) is 0 Å². The summed E-state index contributed by atoms with van der Waals surface area (Å²) >= 11 is 1.47. The maximum Gasteiger partial charge on any atom is 0.126 e. The van der Waals surface area contributed by atoms with E-state index in [0.29, 0.717) is 4.88 Å². The summed E-state index contributed by atoms with van der Waals surface area (Å²) in [5.41, 5.74) is 0.914. The van der Waals surface area contributed by atoms with Crippen molar-refractivity contribution in [1.29, 1.82) is 5.26 Å². The molecule has 0 aliphatic heterocycles. The Kier molecular flexibility index (Phi) is 3.73. The fraction of sp³-hybridized carbons (Fsp3) is 0.231. The number of thiophene rings is 1. The molecule has 17 heavy (non-hydrogen) atoms. The van der Waals surface area contributed by atoms with Gasteiger partial charge in [0, 0.05) is 6.54 Å². The maximum absolute atomic E-state index is 8.80. The first-order valence-electron chi connectivity index (χ1n) is 5.54. The van der Waals surface area contributed by atoms with Crippen LogP contribution in [0, 0.1) is 11.3 Å². The first-order valence-corrected chi connectivity index (χ1v) is 6.36. The number of hydrogen-bond donors (Lipinski definition) is 1. The minimum absolute atomic E-state index is 0.716. The molecule has 0 amide bonds. The molecule has 0 radical (unpaired) electrons. The fourth-order valence-corrected chi connectivity index (χ4v) is 2.23. The van der Waals surface area contributed by atoms with E-state index in [0.717, 1.165) is 29.4 Å². The molecule has 2 aromatic rings. The highest BCUT2D eigenvalue weighted by molar-refractivity contribution is 7.15. The molecular formula is C13H13N3S. The van der Waals surface area contributed by atoms with E-state index in [-0.39, 0.29) is 0 Å². The van der Waals surface area contributed by atoms with Crippen molar-refractivity contribution in [3.05, 3.63) is 35.2 Å². The molecule has 0 aliphatic rings. The third kappa shape index (κ3) is 2.83. The Morgan fingerprint density at radius 3 is 2.94 bits per heavy atom. The predicted octanol–water partition coefficient (Wildman–Crippen LogP) is 3.50. The lowest BCUT2D eigenvalue weighted by molar-refractivity contribution is 0.970. The Balaban J connectivity index is 2.23. The summed E-state index contributed by atoms with van der Waals surface area (Å²) in [4.78, 5) is 6.26. The lowest BCUT2D eigenvalue weighted by Gasteiger charge is -2.04. The number of hydrogen-bond acceptors (Lipinski definition) is 4. The number of nitriles is 1. The van der Waals surface area contributed by atoms with Crippen LogP contribution in [0.4, 0.5) is 5.82 Å². The van der Waals surface area contributed by atoms with E-state index >= 15 is 0 Å². The lowest BCUT2D eigenvalue weighted by atomic mass is 10.3. The van der Waals surface area contributed by atoms with Crippen molar-refractivity contribution in [2.45, 2.75) is 13.3 Å². The zero-order chi connectivity index (χ0) is 12.1. The molecule has 2 aromatic heterocycles. The molecule has 2 heterocycles. The molecule has 0 bridgehead atoms. The molecule has 0 aliphatic carbocycles. The van der Waals surface area contributed by atoms with E-state index in [1.807, 2.05) is 30.3 Å². The Morgan fingerprint density at radius 1 is 1.35 bits per heavy atom. The topological polar surface area (TPSA) is 48.7 Å². The predicted molar refractivity (Wildman–Crippen MR) is 71.0 cm³/mol. The van der Waals surface area contributed by atoms with Gasteiger partial charge in [-0.1, -0.05) is 13.0 Å². The van der Waals surface area contributed by atoms with Gasteiger partial charge < -0.3 is 5.32 Å². The van der Waals surface area contributed by atoms with Crippen LogP contribution in [0.5, 0.6) is 0 Å². The smallest absolute Gasteiger partial charge is 0.126 e. The molecule has 86 valence electrons. The molecule has 3 nitrogen and oxygen atoms in total. The van der Waals surface area contributed by atoms with Crippen molar-refractivity contribution >= 4 is 17.2 Å². The monoisotopic (exact) mass is 243 g/mol. The van der Waals surface area contributed by atoms with E-state index < -0.39 is 0 Å². The SMILES string of the molecule is CCCNc1cccc(-c2ccc(C#N)s2)n1. The van der Waals surface area contributed by atoms with Crippen LogP contribution in [0.1, 0.15) is 18.2 Å². The maximum atomic E-state index is 8.80. The van der Waals surface area contributed by atoms with Gasteiger partial charge in [0.2, 0.25) is 0 Å². The largest absolute Gasteiger partial charge is 0.370 e. The van der Waals surface area contributed by atoms with Crippen LogP contribution in [0.2, 0.25) is 0 Å². The molecule has 2 rings (SSSR count). The van der Waals surface area contributed by atoms with Crippen LogP contribution < -0.4 is 5.32 Å². The average molecular weight is 243 g/mol. The summed E-state index contributed by atoms with van der Waals surface area (Å²) in [5, 5.41) is 12.0. The summed E-state index contributed by atoms with van der Waals surface area (Å²) in [5.74, 6) is 0.885. The Labute approximate surface area is 105 Å². The van der Waals surface area contributed by atoms with Gasteiger partial charge in [-0.2, -0.15) is 5.26 Å². The quantitative estimate of drug-likeness (QED) is 0.894. The normalized spacial score (nSPS) is 9.88. The zero-order valence-electron chi connectivity index (χ0n) is 9.60. The number of aromatic nitrogens is 1. The van der Waals surface area contributed by atoms with Crippen molar-refractivity contribution in [1.82, 2.24) is 4.98 Å². The molecule has 0 fully saturated rings. The number of nitrogens with zero attached hydrogens (tertiary/aromatic N) is 2. The number of pyridine rings is 1. The van der Waals surface area contributed by atoms with Gasteiger partial charge in [0.1, 0.15) is 16.8 Å². The second kappa shape index (κ2) is 5.46. The highest BCUT2D eigenvalue weighted by atomic mass is 32.1. The highest BCUT2D eigenvalue weighted by Gasteiger charge is 2.04. The van der Waals surface area contributed by atoms with Crippen LogP contribution in [0.15, 0.2) is 30.3 Å². The van der Waals surface area contributed by atoms with E-state index in [9.17, 15) is 0 Å². The molecule has 0 saturated heterocycles. The van der Waals surface area contributed by atoms with Gasteiger partial charge in [0.15, 0.2) is 0 Å². The third-order valence-corrected chi connectivity index (χ3v) is 3.29. The number of rotatable bonds is 4. The molecule has 1 N–H and O–H groups in total. The third-order valence-electron chi connectivity index (χ3n) is 2.27. The van der Waals surface area contributed by atoms with E-state index in [2.05, 4.69) is 23.3 Å². The first-order chi connectivity index (χ1) is 8.33. The minimum Gasteiger partial charge on any atom is -0.370 e. The Hall–Kier alpha value is -1.86. The van der Waals surface area contributed by atoms with Crippen molar-refractivity contribution in [3.8, 4) is 16.6 Å². The summed E-state index contributed by atoms with van der Waals surface area (Å²) < 4.78 is 0. The number of nitrogens with one attached hydrogen (secondary N) is 1. The summed E-state index contributed by atoms with van der Waals surface area (Å²) in [6, 6.07) is 11.8. The molecule has 0 atom stereocenters. The standard InChI is InChI=1S/C13H13N3S/c1-2-8-15-13-5-3-4-11(16-13)12-7-6-10(9-14)17-12/h3-7H,2,8H2,1H3,(H,15,16). The van der Waals surface area contributed by atoms with Crippen LogP contribution in [-0.2, 0) is 0 Å². The number of anilines is 1. The van der Waals surface area contributed by atoms with Gasteiger partial charge in [-0.05, 0) is 30.7 Å². The van der Waals surface area contributed by atoms with Gasteiger partial charge in [-0.25, -0.2) is 4.98 Å². The Morgan fingerprint density at radius 2 is 2.24 bits per heavy atom. The van der Waals surface area contributed by atoms with Gasteiger partial charge >= 0.3 is 0 Å². The van der Waals surface area contributed by atoms with Crippen LogP contribution in [0.25, 0.3) is 10.6 Å². The Bertz CT molecular complexity index is 540. The minimum atomic E-state index is 0.716. The lowest BCUT2D eigenvalue weighted by Crippen LogP contribution is -2.01. The van der Waals surface area contributed by atoms with E-state index in [1.54, 1.807) is 0 Å². The molecule has 0 spiro atoms. The van der Waals surface area contributed by atoms with Crippen molar-refractivity contribution in [3.63, 3.8) is 0 Å². The first kappa shape index (κ1) is 11.6. The van der Waals surface area contributed by atoms with Crippen LogP contribution >= 0.6 is 11.3 Å². The molecule has 4 heteroatoms. The van der Waals surface area contributed by atoms with Gasteiger partial charge in [0.25, 0.3) is 0 Å². The van der Waals surface area contributed by atoms with Gasteiger partial charge in [-0.3, -0.25) is 0 Å². The van der Waals surface area contributed by atoms with Gasteiger partial charge in [0.05, 0.1) is 10.6 Å². The van der Waals surface area contributed by atoms with Crippen LogP contribution in [-0.4, -0.2) is 11.5 Å². The summed E-state index contributed by atoms with van der Waals surface area (Å²) in [7, 11) is 0. The van der Waals surface area contributed by atoms with Crippen molar-refractivity contribution < 1.29 is 0 Å².